The lowest BCUT2D eigenvalue weighted by Crippen LogP contribution is -2.45. The predicted molar refractivity (Wildman–Crippen MR) is 81.5 cm³/mol. The van der Waals surface area contributed by atoms with E-state index in [1.165, 1.54) is 12.8 Å². The van der Waals surface area contributed by atoms with Crippen molar-refractivity contribution in [1.29, 1.82) is 0 Å². The van der Waals surface area contributed by atoms with Crippen molar-refractivity contribution >= 4 is 29.1 Å². The van der Waals surface area contributed by atoms with Crippen LogP contribution in [0.25, 0.3) is 0 Å². The van der Waals surface area contributed by atoms with E-state index in [9.17, 15) is 4.79 Å². The second-order valence-corrected chi connectivity index (χ2v) is 6.48. The molecule has 20 heavy (non-hydrogen) atoms. The minimum atomic E-state index is -0.100. The molecule has 1 N–H and O–H groups in total. The molecular formula is C15H18Cl2N2O. The number of rotatable bonds is 3. The summed E-state index contributed by atoms with van der Waals surface area (Å²) >= 11 is 11.9. The molecule has 0 unspecified atom stereocenters. The molecule has 108 valence electrons. The Morgan fingerprint density at radius 2 is 1.85 bits per heavy atom. The number of nitrogens with one attached hydrogen (secondary N) is 1. The second kappa shape index (κ2) is 5.92. The summed E-state index contributed by atoms with van der Waals surface area (Å²) in [6.45, 7) is 2.17. The molecule has 5 heteroatoms. The first-order valence-corrected chi connectivity index (χ1v) is 7.89. The summed E-state index contributed by atoms with van der Waals surface area (Å²) < 4.78 is 0. The van der Waals surface area contributed by atoms with Crippen molar-refractivity contribution in [2.75, 3.05) is 13.1 Å². The molecule has 0 atom stereocenters. The molecule has 1 aliphatic carbocycles. The lowest BCUT2D eigenvalue weighted by atomic mass is 10.0. The molecule has 2 fully saturated rings. The lowest BCUT2D eigenvalue weighted by Gasteiger charge is -2.32. The maximum absolute atomic E-state index is 12.2. The van der Waals surface area contributed by atoms with Crippen LogP contribution in [0.1, 0.15) is 36.0 Å². The molecule has 1 amide bonds. The van der Waals surface area contributed by atoms with Crippen LogP contribution in [0.4, 0.5) is 0 Å². The predicted octanol–water partition coefficient (Wildman–Crippen LogP) is 3.35. The Hall–Kier alpha value is -0.770. The summed E-state index contributed by atoms with van der Waals surface area (Å²) in [6.07, 6.45) is 4.73. The zero-order valence-electron chi connectivity index (χ0n) is 11.2. The van der Waals surface area contributed by atoms with Gasteiger partial charge in [-0.15, -0.1) is 0 Å². The van der Waals surface area contributed by atoms with Crippen LogP contribution in [-0.2, 0) is 0 Å². The van der Waals surface area contributed by atoms with E-state index in [1.54, 1.807) is 18.2 Å². The van der Waals surface area contributed by atoms with E-state index in [2.05, 4.69) is 10.2 Å². The van der Waals surface area contributed by atoms with Gasteiger partial charge in [0.15, 0.2) is 0 Å². The number of benzene rings is 1. The average Bonchev–Trinajstić information content (AvgIpc) is 3.23. The molecule has 0 spiro atoms. The number of nitrogens with zero attached hydrogens (tertiary/aromatic N) is 1. The highest BCUT2D eigenvalue weighted by Crippen LogP contribution is 2.29. The molecule has 0 radical (unpaired) electrons. The van der Waals surface area contributed by atoms with Gasteiger partial charge in [-0.05, 0) is 43.9 Å². The van der Waals surface area contributed by atoms with Gasteiger partial charge in [-0.1, -0.05) is 23.2 Å². The fraction of sp³-hybridized carbons (Fsp3) is 0.533. The monoisotopic (exact) mass is 312 g/mol. The first-order chi connectivity index (χ1) is 9.63. The van der Waals surface area contributed by atoms with Crippen LogP contribution < -0.4 is 5.32 Å². The Balaban J connectivity index is 1.56. The van der Waals surface area contributed by atoms with Gasteiger partial charge < -0.3 is 10.2 Å². The fourth-order valence-electron chi connectivity index (χ4n) is 2.79. The van der Waals surface area contributed by atoms with Crippen molar-refractivity contribution in [2.24, 2.45) is 0 Å². The Morgan fingerprint density at radius 3 is 2.45 bits per heavy atom. The largest absolute Gasteiger partial charge is 0.349 e. The molecule has 1 aromatic rings. The quantitative estimate of drug-likeness (QED) is 0.928. The van der Waals surface area contributed by atoms with Crippen LogP contribution in [0, 0.1) is 0 Å². The van der Waals surface area contributed by atoms with E-state index in [4.69, 9.17) is 23.2 Å². The van der Waals surface area contributed by atoms with E-state index >= 15 is 0 Å². The van der Waals surface area contributed by atoms with E-state index in [0.717, 1.165) is 32.0 Å². The molecule has 1 heterocycles. The third kappa shape index (κ3) is 3.27. The molecule has 0 aromatic heterocycles. The molecule has 2 aliphatic rings. The van der Waals surface area contributed by atoms with Gasteiger partial charge in [-0.2, -0.15) is 0 Å². The standard InChI is InChI=1S/C15H18Cl2N2O/c16-10-1-4-13(14(17)9-10)15(20)18-11-5-7-19(8-6-11)12-2-3-12/h1,4,9,11-12H,2-3,5-8H2,(H,18,20). The molecule has 1 saturated heterocycles. The number of hydrogen-bond donors (Lipinski definition) is 1. The SMILES string of the molecule is O=C(NC1CCN(C2CC2)CC1)c1ccc(Cl)cc1Cl. The molecule has 1 aliphatic heterocycles. The number of amides is 1. The summed E-state index contributed by atoms with van der Waals surface area (Å²) in [5.74, 6) is -0.100. The minimum absolute atomic E-state index is 0.100. The Bertz CT molecular complexity index is 509. The zero-order chi connectivity index (χ0) is 14.1. The highest BCUT2D eigenvalue weighted by atomic mass is 35.5. The van der Waals surface area contributed by atoms with Crippen LogP contribution in [0.2, 0.25) is 10.0 Å². The van der Waals surface area contributed by atoms with Crippen LogP contribution in [-0.4, -0.2) is 36.0 Å². The zero-order valence-corrected chi connectivity index (χ0v) is 12.8. The Labute approximate surface area is 129 Å². The molecule has 0 bridgehead atoms. The Kier molecular flexibility index (Phi) is 4.20. The van der Waals surface area contributed by atoms with Gasteiger partial charge in [0, 0.05) is 30.2 Å². The van der Waals surface area contributed by atoms with E-state index < -0.39 is 0 Å². The van der Waals surface area contributed by atoms with Gasteiger partial charge >= 0.3 is 0 Å². The highest BCUT2D eigenvalue weighted by molar-refractivity contribution is 6.36. The number of likely N-dealkylation sites (tertiary alicyclic amines) is 1. The van der Waals surface area contributed by atoms with Crippen molar-refractivity contribution in [3.05, 3.63) is 33.8 Å². The maximum atomic E-state index is 12.2. The molecule has 1 saturated carbocycles. The van der Waals surface area contributed by atoms with Crippen molar-refractivity contribution in [3.63, 3.8) is 0 Å². The highest BCUT2D eigenvalue weighted by Gasteiger charge is 2.32. The normalized spacial score (nSPS) is 20.9. The van der Waals surface area contributed by atoms with Gasteiger partial charge in [-0.25, -0.2) is 0 Å². The second-order valence-electron chi connectivity index (χ2n) is 5.64. The number of carbonyl (C=O) groups is 1. The lowest BCUT2D eigenvalue weighted by molar-refractivity contribution is 0.0909. The molecule has 1 aromatic carbocycles. The third-order valence-corrected chi connectivity index (χ3v) is 4.65. The smallest absolute Gasteiger partial charge is 0.253 e. The summed E-state index contributed by atoms with van der Waals surface area (Å²) in [5, 5.41) is 4.04. The first kappa shape index (κ1) is 14.2. The summed E-state index contributed by atoms with van der Waals surface area (Å²) in [4.78, 5) is 14.8. The summed E-state index contributed by atoms with van der Waals surface area (Å²) in [7, 11) is 0. The number of hydrogen-bond acceptors (Lipinski definition) is 2. The molecule has 3 rings (SSSR count). The van der Waals surface area contributed by atoms with E-state index in [1.807, 2.05) is 0 Å². The van der Waals surface area contributed by atoms with Gasteiger partial charge in [-0.3, -0.25) is 4.79 Å². The van der Waals surface area contributed by atoms with Crippen molar-refractivity contribution in [1.82, 2.24) is 10.2 Å². The average molecular weight is 313 g/mol. The Morgan fingerprint density at radius 1 is 1.15 bits per heavy atom. The van der Waals surface area contributed by atoms with Gasteiger partial charge in [0.1, 0.15) is 0 Å². The third-order valence-electron chi connectivity index (χ3n) is 4.10. The van der Waals surface area contributed by atoms with Crippen LogP contribution >= 0.6 is 23.2 Å². The van der Waals surface area contributed by atoms with Crippen molar-refractivity contribution in [2.45, 2.75) is 37.8 Å². The summed E-state index contributed by atoms with van der Waals surface area (Å²) in [6, 6.07) is 6.05. The van der Waals surface area contributed by atoms with Crippen LogP contribution in [0.15, 0.2) is 18.2 Å². The maximum Gasteiger partial charge on any atom is 0.253 e. The van der Waals surface area contributed by atoms with Gasteiger partial charge in [0.2, 0.25) is 0 Å². The van der Waals surface area contributed by atoms with Crippen molar-refractivity contribution in [3.8, 4) is 0 Å². The van der Waals surface area contributed by atoms with Gasteiger partial charge in [0.25, 0.3) is 5.91 Å². The topological polar surface area (TPSA) is 32.3 Å². The van der Waals surface area contributed by atoms with Crippen LogP contribution in [0.5, 0.6) is 0 Å². The summed E-state index contributed by atoms with van der Waals surface area (Å²) in [5.41, 5.74) is 0.501. The molecule has 3 nitrogen and oxygen atoms in total. The molecular weight excluding hydrogens is 295 g/mol. The van der Waals surface area contributed by atoms with E-state index in [0.29, 0.717) is 15.6 Å². The first-order valence-electron chi connectivity index (χ1n) is 7.13. The minimum Gasteiger partial charge on any atom is -0.349 e. The number of halogens is 2. The van der Waals surface area contributed by atoms with Gasteiger partial charge in [0.05, 0.1) is 10.6 Å². The number of piperidine rings is 1. The van der Waals surface area contributed by atoms with Crippen molar-refractivity contribution < 1.29 is 4.79 Å². The number of carbonyl (C=O) groups excluding carboxylic acids is 1. The van der Waals surface area contributed by atoms with Crippen LogP contribution in [0.3, 0.4) is 0 Å². The van der Waals surface area contributed by atoms with E-state index in [-0.39, 0.29) is 11.9 Å². The fourth-order valence-corrected chi connectivity index (χ4v) is 3.28.